The zero-order valence-electron chi connectivity index (χ0n) is 11.5. The molecule has 100 valence electrons. The topological polar surface area (TPSA) is 34.1 Å². The first-order valence-corrected chi connectivity index (χ1v) is 6.50. The van der Waals surface area contributed by atoms with Crippen molar-refractivity contribution in [2.75, 3.05) is 7.11 Å². The SMILES string of the molecule is COCc1ccc(CN[C@H](C)c2ccccn2)cc1. The number of ether oxygens (including phenoxy) is 1. The predicted molar refractivity (Wildman–Crippen MR) is 76.6 cm³/mol. The molecule has 1 N–H and O–H groups in total. The number of pyridine rings is 1. The van der Waals surface area contributed by atoms with Gasteiger partial charge >= 0.3 is 0 Å². The van der Waals surface area contributed by atoms with E-state index in [0.717, 1.165) is 12.2 Å². The Bertz CT molecular complexity index is 482. The Hall–Kier alpha value is -1.71. The molecule has 0 radical (unpaired) electrons. The lowest BCUT2D eigenvalue weighted by atomic mass is 10.1. The minimum atomic E-state index is 0.250. The number of benzene rings is 1. The second-order valence-electron chi connectivity index (χ2n) is 4.61. The molecule has 1 atom stereocenters. The average Bonchev–Trinajstić information content (AvgIpc) is 2.47. The summed E-state index contributed by atoms with van der Waals surface area (Å²) in [6.07, 6.45) is 1.83. The Morgan fingerprint density at radius 3 is 2.47 bits per heavy atom. The molecule has 0 fully saturated rings. The van der Waals surface area contributed by atoms with Gasteiger partial charge in [0.15, 0.2) is 0 Å². The van der Waals surface area contributed by atoms with Gasteiger partial charge < -0.3 is 10.1 Å². The van der Waals surface area contributed by atoms with Crippen LogP contribution in [0.15, 0.2) is 48.7 Å². The molecule has 0 unspecified atom stereocenters. The van der Waals surface area contributed by atoms with Crippen LogP contribution in [0, 0.1) is 0 Å². The third-order valence-corrected chi connectivity index (χ3v) is 3.08. The quantitative estimate of drug-likeness (QED) is 0.862. The van der Waals surface area contributed by atoms with Gasteiger partial charge in [-0.1, -0.05) is 30.3 Å². The Labute approximate surface area is 114 Å². The van der Waals surface area contributed by atoms with Crippen LogP contribution in [-0.2, 0) is 17.9 Å². The number of methoxy groups -OCH3 is 1. The van der Waals surface area contributed by atoms with Crippen molar-refractivity contribution in [2.45, 2.75) is 26.1 Å². The molecule has 3 heteroatoms. The highest BCUT2D eigenvalue weighted by molar-refractivity contribution is 5.22. The molecule has 1 aromatic carbocycles. The number of rotatable bonds is 6. The van der Waals surface area contributed by atoms with E-state index in [9.17, 15) is 0 Å². The molecule has 1 heterocycles. The van der Waals surface area contributed by atoms with Crippen LogP contribution in [0.4, 0.5) is 0 Å². The Morgan fingerprint density at radius 1 is 1.11 bits per heavy atom. The van der Waals surface area contributed by atoms with E-state index in [4.69, 9.17) is 4.74 Å². The summed E-state index contributed by atoms with van der Waals surface area (Å²) in [4.78, 5) is 4.35. The molecule has 0 aliphatic rings. The molecule has 0 saturated carbocycles. The van der Waals surface area contributed by atoms with Gasteiger partial charge in [0.1, 0.15) is 0 Å². The summed E-state index contributed by atoms with van der Waals surface area (Å²) in [5.74, 6) is 0. The van der Waals surface area contributed by atoms with Crippen LogP contribution in [0.5, 0.6) is 0 Å². The van der Waals surface area contributed by atoms with E-state index >= 15 is 0 Å². The number of hydrogen-bond acceptors (Lipinski definition) is 3. The van der Waals surface area contributed by atoms with Gasteiger partial charge in [0, 0.05) is 25.9 Å². The molecule has 2 rings (SSSR count). The summed E-state index contributed by atoms with van der Waals surface area (Å²) in [6, 6.07) is 14.7. The van der Waals surface area contributed by atoms with E-state index in [2.05, 4.69) is 41.5 Å². The molecular formula is C16H20N2O. The smallest absolute Gasteiger partial charge is 0.0713 e. The van der Waals surface area contributed by atoms with Crippen molar-refractivity contribution in [1.82, 2.24) is 10.3 Å². The third kappa shape index (κ3) is 4.16. The fraction of sp³-hybridized carbons (Fsp3) is 0.312. The van der Waals surface area contributed by atoms with Gasteiger partial charge in [0.2, 0.25) is 0 Å². The molecule has 1 aromatic heterocycles. The highest BCUT2D eigenvalue weighted by Crippen LogP contribution is 2.10. The normalized spacial score (nSPS) is 12.3. The zero-order chi connectivity index (χ0) is 13.5. The summed E-state index contributed by atoms with van der Waals surface area (Å²) in [6.45, 7) is 3.63. The van der Waals surface area contributed by atoms with Crippen LogP contribution < -0.4 is 5.32 Å². The van der Waals surface area contributed by atoms with E-state index in [1.54, 1.807) is 7.11 Å². The summed E-state index contributed by atoms with van der Waals surface area (Å²) < 4.78 is 5.10. The monoisotopic (exact) mass is 256 g/mol. The van der Waals surface area contributed by atoms with E-state index in [0.29, 0.717) is 6.61 Å². The molecule has 2 aromatic rings. The Morgan fingerprint density at radius 2 is 1.84 bits per heavy atom. The van der Waals surface area contributed by atoms with Gasteiger partial charge in [-0.05, 0) is 30.2 Å². The number of nitrogens with one attached hydrogen (secondary N) is 1. The van der Waals surface area contributed by atoms with Crippen LogP contribution in [0.25, 0.3) is 0 Å². The lowest BCUT2D eigenvalue weighted by Crippen LogP contribution is -2.18. The molecule has 0 bridgehead atoms. The van der Waals surface area contributed by atoms with Crippen molar-refractivity contribution in [2.24, 2.45) is 0 Å². The fourth-order valence-corrected chi connectivity index (χ4v) is 1.93. The largest absolute Gasteiger partial charge is 0.380 e. The van der Waals surface area contributed by atoms with Crippen molar-refractivity contribution in [3.05, 3.63) is 65.5 Å². The molecule has 3 nitrogen and oxygen atoms in total. The number of aromatic nitrogens is 1. The fourth-order valence-electron chi connectivity index (χ4n) is 1.93. The van der Waals surface area contributed by atoms with Crippen LogP contribution in [0.3, 0.4) is 0 Å². The van der Waals surface area contributed by atoms with Gasteiger partial charge in [-0.2, -0.15) is 0 Å². The van der Waals surface area contributed by atoms with Crippen LogP contribution in [0.1, 0.15) is 29.8 Å². The maximum atomic E-state index is 5.10. The summed E-state index contributed by atoms with van der Waals surface area (Å²) in [5.41, 5.74) is 3.53. The van der Waals surface area contributed by atoms with Crippen LogP contribution in [0.2, 0.25) is 0 Å². The van der Waals surface area contributed by atoms with Crippen molar-refractivity contribution in [3.8, 4) is 0 Å². The average molecular weight is 256 g/mol. The van der Waals surface area contributed by atoms with Crippen molar-refractivity contribution >= 4 is 0 Å². The van der Waals surface area contributed by atoms with Crippen molar-refractivity contribution in [1.29, 1.82) is 0 Å². The van der Waals surface area contributed by atoms with Gasteiger partial charge in [-0.3, -0.25) is 4.98 Å². The molecule has 0 aliphatic heterocycles. The van der Waals surface area contributed by atoms with Crippen molar-refractivity contribution < 1.29 is 4.74 Å². The van der Waals surface area contributed by atoms with E-state index in [-0.39, 0.29) is 6.04 Å². The van der Waals surface area contributed by atoms with Crippen LogP contribution in [-0.4, -0.2) is 12.1 Å². The van der Waals surface area contributed by atoms with Gasteiger partial charge in [0.05, 0.1) is 12.3 Å². The standard InChI is InChI=1S/C16H20N2O/c1-13(16-5-3-4-10-17-16)18-11-14-6-8-15(9-7-14)12-19-2/h3-10,13,18H,11-12H2,1-2H3/t13-/m1/s1. The maximum absolute atomic E-state index is 5.10. The third-order valence-electron chi connectivity index (χ3n) is 3.08. The first-order valence-electron chi connectivity index (χ1n) is 6.50. The van der Waals surface area contributed by atoms with E-state index < -0.39 is 0 Å². The number of hydrogen-bond donors (Lipinski definition) is 1. The first kappa shape index (κ1) is 13.7. The maximum Gasteiger partial charge on any atom is 0.0713 e. The summed E-state index contributed by atoms with van der Waals surface area (Å²) in [7, 11) is 1.71. The van der Waals surface area contributed by atoms with Crippen LogP contribution >= 0.6 is 0 Å². The molecule has 0 spiro atoms. The van der Waals surface area contributed by atoms with E-state index in [1.807, 2.05) is 24.4 Å². The zero-order valence-corrected chi connectivity index (χ0v) is 11.5. The predicted octanol–water partition coefficient (Wildman–Crippen LogP) is 3.08. The lowest BCUT2D eigenvalue weighted by Gasteiger charge is -2.13. The molecular weight excluding hydrogens is 236 g/mol. The highest BCUT2D eigenvalue weighted by Gasteiger charge is 2.05. The number of nitrogens with zero attached hydrogens (tertiary/aromatic N) is 1. The van der Waals surface area contributed by atoms with Gasteiger partial charge in [0.25, 0.3) is 0 Å². The molecule has 0 aliphatic carbocycles. The first-order chi connectivity index (χ1) is 9.29. The molecule has 0 amide bonds. The second kappa shape index (κ2) is 7.02. The van der Waals surface area contributed by atoms with Gasteiger partial charge in [-0.15, -0.1) is 0 Å². The highest BCUT2D eigenvalue weighted by atomic mass is 16.5. The van der Waals surface area contributed by atoms with E-state index in [1.165, 1.54) is 11.1 Å². The van der Waals surface area contributed by atoms with Gasteiger partial charge in [-0.25, -0.2) is 0 Å². The second-order valence-corrected chi connectivity index (χ2v) is 4.61. The Balaban J connectivity index is 1.88. The lowest BCUT2D eigenvalue weighted by molar-refractivity contribution is 0.185. The Kier molecular flexibility index (Phi) is 5.07. The summed E-state index contributed by atoms with van der Waals surface area (Å²) in [5, 5.41) is 3.47. The minimum absolute atomic E-state index is 0.250. The minimum Gasteiger partial charge on any atom is -0.380 e. The van der Waals surface area contributed by atoms with Crippen molar-refractivity contribution in [3.63, 3.8) is 0 Å². The summed E-state index contributed by atoms with van der Waals surface area (Å²) >= 11 is 0. The molecule has 0 saturated heterocycles. The molecule has 19 heavy (non-hydrogen) atoms.